The van der Waals surface area contributed by atoms with Crippen LogP contribution in [-0.4, -0.2) is 32.6 Å². The Balaban J connectivity index is 2.13. The fourth-order valence-corrected chi connectivity index (χ4v) is 3.77. The normalized spacial score (nSPS) is 18.8. The lowest BCUT2D eigenvalue weighted by Crippen LogP contribution is -2.34. The molecule has 0 aliphatic heterocycles. The summed E-state index contributed by atoms with van der Waals surface area (Å²) in [6.07, 6.45) is 1.82. The maximum Gasteiger partial charge on any atom is 0.317 e. The molecule has 0 N–H and O–H groups in total. The van der Waals surface area contributed by atoms with Crippen LogP contribution in [0.1, 0.15) is 30.4 Å². The van der Waals surface area contributed by atoms with Crippen LogP contribution in [0.5, 0.6) is 11.5 Å². The molecule has 0 fully saturated rings. The summed E-state index contributed by atoms with van der Waals surface area (Å²) in [6.45, 7) is 1.87. The SMILES string of the molecule is CCOC(=O)[C@@H]1C(=O)C=C(c2ccc(F)cc2)C[C@@H]1c1c(OC)cccc1OC. The first kappa shape index (κ1) is 20.6. The van der Waals surface area contributed by atoms with E-state index in [1.165, 1.54) is 32.4 Å². The Morgan fingerprint density at radius 2 is 1.69 bits per heavy atom. The molecule has 2 aromatic rings. The number of ketones is 1. The molecule has 0 aromatic heterocycles. The molecule has 152 valence electrons. The second kappa shape index (κ2) is 8.90. The van der Waals surface area contributed by atoms with Crippen molar-refractivity contribution in [3.05, 3.63) is 65.5 Å². The van der Waals surface area contributed by atoms with Gasteiger partial charge in [0.2, 0.25) is 0 Å². The van der Waals surface area contributed by atoms with E-state index in [0.29, 0.717) is 29.1 Å². The lowest BCUT2D eigenvalue weighted by atomic mass is 9.73. The summed E-state index contributed by atoms with van der Waals surface area (Å²) >= 11 is 0. The Morgan fingerprint density at radius 3 is 2.24 bits per heavy atom. The molecule has 6 heteroatoms. The molecule has 2 aromatic carbocycles. The van der Waals surface area contributed by atoms with Gasteiger partial charge in [-0.05, 0) is 54.8 Å². The number of ether oxygens (including phenoxy) is 3. The molecule has 0 radical (unpaired) electrons. The molecule has 1 aliphatic carbocycles. The second-order valence-electron chi connectivity index (χ2n) is 6.70. The number of hydrogen-bond acceptors (Lipinski definition) is 5. The number of halogens is 1. The van der Waals surface area contributed by atoms with Gasteiger partial charge in [0.25, 0.3) is 0 Å². The molecule has 29 heavy (non-hydrogen) atoms. The van der Waals surface area contributed by atoms with Crippen molar-refractivity contribution in [2.75, 3.05) is 20.8 Å². The molecule has 0 spiro atoms. The van der Waals surface area contributed by atoms with Crippen LogP contribution >= 0.6 is 0 Å². The minimum Gasteiger partial charge on any atom is -0.496 e. The van der Waals surface area contributed by atoms with Gasteiger partial charge in [0, 0.05) is 11.5 Å². The quantitative estimate of drug-likeness (QED) is 0.540. The van der Waals surface area contributed by atoms with Crippen LogP contribution in [0.15, 0.2) is 48.5 Å². The van der Waals surface area contributed by atoms with E-state index < -0.39 is 17.8 Å². The van der Waals surface area contributed by atoms with Crippen molar-refractivity contribution in [2.45, 2.75) is 19.3 Å². The van der Waals surface area contributed by atoms with E-state index in [-0.39, 0.29) is 18.2 Å². The van der Waals surface area contributed by atoms with Crippen molar-refractivity contribution in [2.24, 2.45) is 5.92 Å². The van der Waals surface area contributed by atoms with E-state index in [1.54, 1.807) is 37.3 Å². The molecular formula is C23H23FO5. The summed E-state index contributed by atoms with van der Waals surface area (Å²) in [5.41, 5.74) is 2.08. The summed E-state index contributed by atoms with van der Waals surface area (Å²) in [7, 11) is 3.05. The van der Waals surface area contributed by atoms with E-state index in [4.69, 9.17) is 14.2 Å². The lowest BCUT2D eigenvalue weighted by Gasteiger charge is -2.31. The predicted molar refractivity (Wildman–Crippen MR) is 106 cm³/mol. The van der Waals surface area contributed by atoms with Gasteiger partial charge in [-0.25, -0.2) is 4.39 Å². The molecule has 5 nitrogen and oxygen atoms in total. The van der Waals surface area contributed by atoms with Gasteiger partial charge in [0.15, 0.2) is 5.78 Å². The van der Waals surface area contributed by atoms with Crippen molar-refractivity contribution in [1.82, 2.24) is 0 Å². The zero-order valence-corrected chi connectivity index (χ0v) is 16.6. The Bertz CT molecular complexity index is 911. The maximum atomic E-state index is 13.3. The fraction of sp³-hybridized carbons (Fsp3) is 0.304. The van der Waals surface area contributed by atoms with Gasteiger partial charge in [-0.1, -0.05) is 18.2 Å². The Morgan fingerprint density at radius 1 is 1.07 bits per heavy atom. The van der Waals surface area contributed by atoms with Crippen molar-refractivity contribution in [1.29, 1.82) is 0 Å². The van der Waals surface area contributed by atoms with Gasteiger partial charge >= 0.3 is 5.97 Å². The Kier molecular flexibility index (Phi) is 6.32. The monoisotopic (exact) mass is 398 g/mol. The van der Waals surface area contributed by atoms with Crippen LogP contribution in [0.2, 0.25) is 0 Å². The number of esters is 1. The fourth-order valence-electron chi connectivity index (χ4n) is 3.77. The van der Waals surface area contributed by atoms with Gasteiger partial charge in [-0.2, -0.15) is 0 Å². The van der Waals surface area contributed by atoms with E-state index in [1.807, 2.05) is 0 Å². The summed E-state index contributed by atoms with van der Waals surface area (Å²) in [6, 6.07) is 11.2. The third kappa shape index (κ3) is 4.16. The standard InChI is InChI=1S/C23H23FO5/c1-4-29-23(26)21-17(22-19(27-2)6-5-7-20(22)28-3)12-15(13-18(21)25)14-8-10-16(24)11-9-14/h5-11,13,17,21H,4,12H2,1-3H3/t17-,21-/m0/s1. The summed E-state index contributed by atoms with van der Waals surface area (Å²) in [5.74, 6) is -1.80. The van der Waals surface area contributed by atoms with E-state index >= 15 is 0 Å². The van der Waals surface area contributed by atoms with E-state index in [9.17, 15) is 14.0 Å². The third-order valence-electron chi connectivity index (χ3n) is 5.06. The number of carbonyl (C=O) groups is 2. The molecule has 0 unspecified atom stereocenters. The van der Waals surface area contributed by atoms with Crippen LogP contribution in [0.3, 0.4) is 0 Å². The molecule has 1 aliphatic rings. The zero-order chi connectivity index (χ0) is 21.0. The molecule has 3 rings (SSSR count). The Labute approximate surface area is 169 Å². The molecule has 0 saturated heterocycles. The number of hydrogen-bond donors (Lipinski definition) is 0. The highest BCUT2D eigenvalue weighted by Gasteiger charge is 2.42. The molecule has 0 bridgehead atoms. The highest BCUT2D eigenvalue weighted by molar-refractivity contribution is 6.10. The predicted octanol–water partition coefficient (Wildman–Crippen LogP) is 4.16. The summed E-state index contributed by atoms with van der Waals surface area (Å²) < 4.78 is 29.5. The lowest BCUT2D eigenvalue weighted by molar-refractivity contribution is -0.151. The first-order chi connectivity index (χ1) is 14.0. The number of methoxy groups -OCH3 is 2. The second-order valence-corrected chi connectivity index (χ2v) is 6.70. The van der Waals surface area contributed by atoms with Gasteiger partial charge in [0.05, 0.1) is 20.8 Å². The van der Waals surface area contributed by atoms with Crippen LogP contribution in [-0.2, 0) is 14.3 Å². The smallest absolute Gasteiger partial charge is 0.317 e. The summed E-state index contributed by atoms with van der Waals surface area (Å²) in [5, 5.41) is 0. The first-order valence-electron chi connectivity index (χ1n) is 9.38. The van der Waals surface area contributed by atoms with Gasteiger partial charge in [-0.15, -0.1) is 0 Å². The van der Waals surface area contributed by atoms with Crippen LogP contribution in [0.25, 0.3) is 5.57 Å². The zero-order valence-electron chi connectivity index (χ0n) is 16.6. The topological polar surface area (TPSA) is 61.8 Å². The molecule has 0 amide bonds. The molecule has 2 atom stereocenters. The van der Waals surface area contributed by atoms with E-state index in [2.05, 4.69) is 0 Å². The van der Waals surface area contributed by atoms with Crippen LogP contribution in [0, 0.1) is 11.7 Å². The number of allylic oxidation sites excluding steroid dienone is 2. The Hall–Kier alpha value is -3.15. The van der Waals surface area contributed by atoms with Gasteiger partial charge in [0.1, 0.15) is 23.2 Å². The van der Waals surface area contributed by atoms with Crippen LogP contribution < -0.4 is 9.47 Å². The average Bonchev–Trinajstić information content (AvgIpc) is 2.73. The third-order valence-corrected chi connectivity index (χ3v) is 5.06. The number of benzene rings is 2. The maximum absolute atomic E-state index is 13.3. The highest BCUT2D eigenvalue weighted by Crippen LogP contribution is 2.46. The van der Waals surface area contributed by atoms with Gasteiger partial charge in [-0.3, -0.25) is 9.59 Å². The van der Waals surface area contributed by atoms with E-state index in [0.717, 1.165) is 5.56 Å². The minimum absolute atomic E-state index is 0.174. The highest BCUT2D eigenvalue weighted by atomic mass is 19.1. The minimum atomic E-state index is -1.01. The summed E-state index contributed by atoms with van der Waals surface area (Å²) in [4.78, 5) is 25.7. The van der Waals surface area contributed by atoms with Gasteiger partial charge < -0.3 is 14.2 Å². The molecule has 0 heterocycles. The van der Waals surface area contributed by atoms with Crippen molar-refractivity contribution < 1.29 is 28.2 Å². The molecular weight excluding hydrogens is 375 g/mol. The van der Waals surface area contributed by atoms with Crippen LogP contribution in [0.4, 0.5) is 4.39 Å². The van der Waals surface area contributed by atoms with Crippen molar-refractivity contribution in [3.8, 4) is 11.5 Å². The van der Waals surface area contributed by atoms with Crippen molar-refractivity contribution in [3.63, 3.8) is 0 Å². The molecule has 0 saturated carbocycles. The largest absolute Gasteiger partial charge is 0.496 e. The number of carbonyl (C=O) groups excluding carboxylic acids is 2. The first-order valence-corrected chi connectivity index (χ1v) is 9.38. The van der Waals surface area contributed by atoms with Crippen molar-refractivity contribution >= 4 is 17.3 Å². The average molecular weight is 398 g/mol. The number of rotatable bonds is 6.